The van der Waals surface area contributed by atoms with Gasteiger partial charge in [-0.1, -0.05) is 26.8 Å². The molecule has 132 valence electrons. The number of hydrogen-bond acceptors (Lipinski definition) is 3. The number of aliphatic hydroxyl groups excluding tert-OH is 1. The van der Waals surface area contributed by atoms with E-state index >= 15 is 0 Å². The third-order valence-electron chi connectivity index (χ3n) is 4.05. The van der Waals surface area contributed by atoms with Crippen LogP contribution >= 0.6 is 0 Å². The third kappa shape index (κ3) is 5.06. The van der Waals surface area contributed by atoms with E-state index in [0.717, 1.165) is 24.0 Å². The Morgan fingerprint density at radius 1 is 1.29 bits per heavy atom. The van der Waals surface area contributed by atoms with Crippen LogP contribution < -0.4 is 5.32 Å². The molecule has 24 heavy (non-hydrogen) atoms. The molecule has 0 unspecified atom stereocenters. The van der Waals surface area contributed by atoms with Gasteiger partial charge < -0.3 is 15.3 Å². The number of benzene rings is 1. The monoisotopic (exact) mass is 332 g/mol. The van der Waals surface area contributed by atoms with Gasteiger partial charge in [-0.25, -0.2) is 4.79 Å². The molecule has 1 aromatic rings. The first-order chi connectivity index (χ1) is 11.3. The number of aliphatic hydroxyl groups is 1. The lowest BCUT2D eigenvalue weighted by molar-refractivity contribution is 0.0972. The summed E-state index contributed by atoms with van der Waals surface area (Å²) in [7, 11) is 0. The van der Waals surface area contributed by atoms with Crippen molar-refractivity contribution < 1.29 is 14.7 Å². The van der Waals surface area contributed by atoms with E-state index in [4.69, 9.17) is 5.11 Å². The predicted octanol–water partition coefficient (Wildman–Crippen LogP) is 3.47. The summed E-state index contributed by atoms with van der Waals surface area (Å²) in [6, 6.07) is 5.39. The van der Waals surface area contributed by atoms with Gasteiger partial charge >= 0.3 is 6.03 Å². The first-order valence-corrected chi connectivity index (χ1v) is 8.63. The molecule has 5 heteroatoms. The Bertz CT molecular complexity index is 605. The van der Waals surface area contributed by atoms with Gasteiger partial charge in [0.15, 0.2) is 5.78 Å². The zero-order chi connectivity index (χ0) is 17.7. The minimum Gasteiger partial charge on any atom is -0.396 e. The quantitative estimate of drug-likeness (QED) is 0.867. The zero-order valence-corrected chi connectivity index (χ0v) is 14.9. The van der Waals surface area contributed by atoms with Crippen LogP contribution in [-0.4, -0.2) is 41.5 Å². The predicted molar refractivity (Wildman–Crippen MR) is 95.5 cm³/mol. The Labute approximate surface area is 144 Å². The summed E-state index contributed by atoms with van der Waals surface area (Å²) in [5.74, 6) is 0.152. The maximum Gasteiger partial charge on any atom is 0.321 e. The highest BCUT2D eigenvalue weighted by molar-refractivity contribution is 6.00. The Morgan fingerprint density at radius 2 is 2.04 bits per heavy atom. The van der Waals surface area contributed by atoms with Gasteiger partial charge in [0.05, 0.1) is 0 Å². The van der Waals surface area contributed by atoms with Crippen LogP contribution in [0.15, 0.2) is 18.2 Å². The van der Waals surface area contributed by atoms with Crippen molar-refractivity contribution in [3.8, 4) is 0 Å². The fourth-order valence-corrected chi connectivity index (χ4v) is 2.99. The van der Waals surface area contributed by atoms with Gasteiger partial charge in [0.2, 0.25) is 0 Å². The first kappa shape index (κ1) is 18.5. The molecule has 0 saturated heterocycles. The van der Waals surface area contributed by atoms with Gasteiger partial charge in [-0.15, -0.1) is 0 Å². The maximum absolute atomic E-state index is 12.6. The van der Waals surface area contributed by atoms with Crippen LogP contribution in [0.3, 0.4) is 0 Å². The van der Waals surface area contributed by atoms with E-state index in [0.29, 0.717) is 31.6 Å². The fraction of sp³-hybridized carbons (Fsp3) is 0.579. The van der Waals surface area contributed by atoms with E-state index in [-0.39, 0.29) is 23.8 Å². The van der Waals surface area contributed by atoms with Crippen molar-refractivity contribution in [3.05, 3.63) is 29.3 Å². The van der Waals surface area contributed by atoms with Crippen molar-refractivity contribution in [2.24, 2.45) is 5.41 Å². The van der Waals surface area contributed by atoms with Crippen LogP contribution in [0.4, 0.5) is 10.5 Å². The summed E-state index contributed by atoms with van der Waals surface area (Å²) in [5.41, 5.74) is 2.42. The molecule has 0 saturated carbocycles. The average Bonchev–Trinajstić information content (AvgIpc) is 2.51. The molecule has 1 aliphatic rings. The molecule has 5 nitrogen and oxygen atoms in total. The van der Waals surface area contributed by atoms with Gasteiger partial charge in [-0.3, -0.25) is 4.79 Å². The van der Waals surface area contributed by atoms with Crippen LogP contribution in [-0.2, 0) is 6.42 Å². The van der Waals surface area contributed by atoms with E-state index in [9.17, 15) is 9.59 Å². The second-order valence-electron chi connectivity index (χ2n) is 7.64. The molecule has 2 rings (SSSR count). The Kier molecular flexibility index (Phi) is 5.99. The molecular weight excluding hydrogens is 304 g/mol. The third-order valence-corrected chi connectivity index (χ3v) is 4.05. The van der Waals surface area contributed by atoms with Gasteiger partial charge in [0.25, 0.3) is 0 Å². The largest absolute Gasteiger partial charge is 0.396 e. The summed E-state index contributed by atoms with van der Waals surface area (Å²) >= 11 is 0. The normalized spacial score (nSPS) is 14.2. The average molecular weight is 332 g/mol. The second kappa shape index (κ2) is 7.79. The molecule has 0 aromatic heterocycles. The number of nitrogens with zero attached hydrogens (tertiary/aromatic N) is 1. The van der Waals surface area contributed by atoms with Crippen molar-refractivity contribution >= 4 is 17.5 Å². The minimum absolute atomic E-state index is 0.0292. The number of fused-ring (bicyclic) bond motifs is 1. The number of nitrogens with one attached hydrogen (secondary N) is 1. The fourth-order valence-electron chi connectivity index (χ4n) is 2.99. The van der Waals surface area contributed by atoms with Crippen LogP contribution in [0.2, 0.25) is 0 Å². The first-order valence-electron chi connectivity index (χ1n) is 8.63. The van der Waals surface area contributed by atoms with E-state index in [1.165, 1.54) is 0 Å². The Morgan fingerprint density at radius 3 is 2.71 bits per heavy atom. The number of amides is 2. The highest BCUT2D eigenvalue weighted by atomic mass is 16.3. The Balaban J connectivity index is 2.11. The Hall–Kier alpha value is -1.88. The molecule has 2 N–H and O–H groups in total. The molecule has 0 spiro atoms. The van der Waals surface area contributed by atoms with E-state index in [1.807, 2.05) is 12.1 Å². The molecular formula is C19H28N2O3. The van der Waals surface area contributed by atoms with Crippen molar-refractivity contribution in [2.75, 3.05) is 25.0 Å². The van der Waals surface area contributed by atoms with Crippen LogP contribution in [0, 0.1) is 5.41 Å². The minimum atomic E-state index is -0.193. The molecule has 0 radical (unpaired) electrons. The number of aryl methyl sites for hydroxylation is 1. The molecule has 0 bridgehead atoms. The lowest BCUT2D eigenvalue weighted by Gasteiger charge is -2.30. The number of carbonyl (C=O) groups is 2. The lowest BCUT2D eigenvalue weighted by atomic mass is 9.90. The smallest absolute Gasteiger partial charge is 0.321 e. The van der Waals surface area contributed by atoms with Crippen molar-refractivity contribution in [3.63, 3.8) is 0 Å². The molecule has 0 atom stereocenters. The lowest BCUT2D eigenvalue weighted by Crippen LogP contribution is -2.41. The molecule has 1 aromatic carbocycles. The van der Waals surface area contributed by atoms with Crippen molar-refractivity contribution in [2.45, 2.75) is 46.5 Å². The summed E-state index contributed by atoms with van der Waals surface area (Å²) in [6.45, 7) is 7.38. The van der Waals surface area contributed by atoms with Gasteiger partial charge in [-0.2, -0.15) is 0 Å². The van der Waals surface area contributed by atoms with E-state index in [2.05, 4.69) is 26.1 Å². The second-order valence-corrected chi connectivity index (χ2v) is 7.64. The van der Waals surface area contributed by atoms with E-state index < -0.39 is 0 Å². The topological polar surface area (TPSA) is 69.6 Å². The van der Waals surface area contributed by atoms with Crippen molar-refractivity contribution in [1.82, 2.24) is 4.90 Å². The van der Waals surface area contributed by atoms with Crippen molar-refractivity contribution in [1.29, 1.82) is 0 Å². The highest BCUT2D eigenvalue weighted by Crippen LogP contribution is 2.25. The van der Waals surface area contributed by atoms with Crippen LogP contribution in [0.1, 0.15) is 56.0 Å². The summed E-state index contributed by atoms with van der Waals surface area (Å²) in [4.78, 5) is 26.3. The number of ketones is 1. The highest BCUT2D eigenvalue weighted by Gasteiger charge is 2.22. The molecule has 1 aliphatic carbocycles. The number of carbonyl (C=O) groups excluding carboxylic acids is 2. The number of hydrogen-bond donors (Lipinski definition) is 2. The molecule has 0 aliphatic heterocycles. The molecule has 0 heterocycles. The summed E-state index contributed by atoms with van der Waals surface area (Å²) in [5, 5.41) is 11.9. The zero-order valence-electron chi connectivity index (χ0n) is 14.9. The maximum atomic E-state index is 12.6. The number of rotatable bonds is 5. The van der Waals surface area contributed by atoms with Gasteiger partial charge in [0, 0.05) is 37.4 Å². The molecule has 0 fully saturated rings. The molecule has 2 amide bonds. The number of anilines is 1. The van der Waals surface area contributed by atoms with Gasteiger partial charge in [-0.05, 0) is 42.4 Å². The standard InChI is InChI=1S/C19H28N2O3/c1-19(2,3)13-21(10-5-11-22)18(24)20-15-9-8-14-6-4-7-17(23)16(14)12-15/h8-9,12,22H,4-7,10-11,13H2,1-3H3,(H,20,24). The van der Waals surface area contributed by atoms with Gasteiger partial charge in [0.1, 0.15) is 0 Å². The summed E-state index contributed by atoms with van der Waals surface area (Å²) in [6.07, 6.45) is 2.95. The van der Waals surface area contributed by atoms with Crippen LogP contribution in [0.25, 0.3) is 0 Å². The number of Topliss-reactive ketones (excluding diaryl/α,β-unsaturated/α-hetero) is 1. The SMILES string of the molecule is CC(C)(C)CN(CCCO)C(=O)Nc1ccc2c(c1)C(=O)CCC2. The van der Waals surface area contributed by atoms with Crippen LogP contribution in [0.5, 0.6) is 0 Å². The number of urea groups is 1. The van der Waals surface area contributed by atoms with E-state index in [1.54, 1.807) is 11.0 Å². The summed E-state index contributed by atoms with van der Waals surface area (Å²) < 4.78 is 0.